The molecule has 0 heterocycles. The summed E-state index contributed by atoms with van der Waals surface area (Å²) in [5.41, 5.74) is 7.53. The number of aromatic carboxylic acids is 2. The molecule has 5 nitrogen and oxygen atoms in total. The SMILES string of the molecule is Nc1cc(C(=O)O)c(-c2ccccc2)c(-c2ccccc2)c1C(=O)O. The van der Waals surface area contributed by atoms with E-state index in [1.165, 1.54) is 6.07 Å². The number of hydrogen-bond donors (Lipinski definition) is 3. The topological polar surface area (TPSA) is 101 Å². The second kappa shape index (κ2) is 6.49. The molecule has 0 aliphatic heterocycles. The summed E-state index contributed by atoms with van der Waals surface area (Å²) in [6.07, 6.45) is 0. The Kier molecular flexibility index (Phi) is 4.22. The quantitative estimate of drug-likeness (QED) is 0.627. The van der Waals surface area contributed by atoms with E-state index in [0.29, 0.717) is 22.3 Å². The average molecular weight is 333 g/mol. The van der Waals surface area contributed by atoms with Gasteiger partial charge in [-0.05, 0) is 17.2 Å². The van der Waals surface area contributed by atoms with Crippen molar-refractivity contribution in [2.75, 3.05) is 5.73 Å². The normalized spacial score (nSPS) is 10.4. The number of hydrogen-bond acceptors (Lipinski definition) is 3. The van der Waals surface area contributed by atoms with Gasteiger partial charge in [0.25, 0.3) is 0 Å². The first kappa shape index (κ1) is 16.3. The lowest BCUT2D eigenvalue weighted by atomic mass is 9.86. The molecule has 0 saturated carbocycles. The van der Waals surface area contributed by atoms with Crippen LogP contribution in [0.1, 0.15) is 20.7 Å². The molecule has 3 rings (SSSR count). The number of carboxylic acids is 2. The highest BCUT2D eigenvalue weighted by Gasteiger charge is 2.25. The molecule has 4 N–H and O–H groups in total. The maximum atomic E-state index is 11.9. The summed E-state index contributed by atoms with van der Waals surface area (Å²) in [7, 11) is 0. The molecule has 0 fully saturated rings. The molecule has 0 unspecified atom stereocenters. The van der Waals surface area contributed by atoms with Gasteiger partial charge in [0.15, 0.2) is 0 Å². The fourth-order valence-corrected chi connectivity index (χ4v) is 2.90. The molecular formula is C20H15NO4. The molecule has 5 heteroatoms. The van der Waals surface area contributed by atoms with Gasteiger partial charge >= 0.3 is 11.9 Å². The number of rotatable bonds is 4. The van der Waals surface area contributed by atoms with Crippen molar-refractivity contribution in [3.63, 3.8) is 0 Å². The molecule has 0 aliphatic carbocycles. The van der Waals surface area contributed by atoms with E-state index < -0.39 is 11.9 Å². The first-order valence-electron chi connectivity index (χ1n) is 7.54. The Morgan fingerprint density at radius 2 is 1.20 bits per heavy atom. The first-order valence-corrected chi connectivity index (χ1v) is 7.54. The van der Waals surface area contributed by atoms with E-state index >= 15 is 0 Å². The van der Waals surface area contributed by atoms with E-state index in [4.69, 9.17) is 5.73 Å². The highest BCUT2D eigenvalue weighted by molar-refractivity contribution is 6.11. The predicted octanol–water partition coefficient (Wildman–Crippen LogP) is 4.00. The highest BCUT2D eigenvalue weighted by atomic mass is 16.4. The summed E-state index contributed by atoms with van der Waals surface area (Å²) >= 11 is 0. The van der Waals surface area contributed by atoms with Crippen LogP contribution in [0, 0.1) is 0 Å². The molecule has 0 amide bonds. The molecule has 0 radical (unpaired) electrons. The minimum absolute atomic E-state index is 0.0347. The molecule has 3 aromatic carbocycles. The second-order valence-corrected chi connectivity index (χ2v) is 5.48. The van der Waals surface area contributed by atoms with E-state index in [1.807, 2.05) is 6.07 Å². The van der Waals surface area contributed by atoms with Gasteiger partial charge < -0.3 is 15.9 Å². The van der Waals surface area contributed by atoms with Crippen molar-refractivity contribution in [2.24, 2.45) is 0 Å². The lowest BCUT2D eigenvalue weighted by Crippen LogP contribution is -2.11. The van der Waals surface area contributed by atoms with E-state index in [2.05, 4.69) is 0 Å². The minimum atomic E-state index is -1.20. The van der Waals surface area contributed by atoms with Gasteiger partial charge in [-0.15, -0.1) is 0 Å². The zero-order valence-electron chi connectivity index (χ0n) is 13.1. The number of nitrogen functional groups attached to an aromatic ring is 1. The standard InChI is InChI=1S/C20H15NO4/c21-15-11-14(19(22)23)16(12-7-3-1-4-8-12)17(18(15)20(24)25)13-9-5-2-6-10-13/h1-11H,21H2,(H,22,23)(H,24,25). The van der Waals surface area contributed by atoms with Crippen LogP contribution in [-0.2, 0) is 0 Å². The summed E-state index contributed by atoms with van der Waals surface area (Å²) in [5.74, 6) is -2.37. The second-order valence-electron chi connectivity index (χ2n) is 5.48. The van der Waals surface area contributed by atoms with Crippen LogP contribution in [0.15, 0.2) is 66.7 Å². The molecule has 0 aromatic heterocycles. The molecule has 0 atom stereocenters. The maximum Gasteiger partial charge on any atom is 0.338 e. The number of carbonyl (C=O) groups is 2. The minimum Gasteiger partial charge on any atom is -0.478 e. The molecule has 0 saturated heterocycles. The molecule has 0 aliphatic rings. The third-order valence-corrected chi connectivity index (χ3v) is 3.93. The smallest absolute Gasteiger partial charge is 0.338 e. The Bertz CT molecular complexity index is 950. The lowest BCUT2D eigenvalue weighted by Gasteiger charge is -2.18. The summed E-state index contributed by atoms with van der Waals surface area (Å²) in [4.78, 5) is 23.7. The van der Waals surface area contributed by atoms with Crippen molar-refractivity contribution in [3.8, 4) is 22.3 Å². The van der Waals surface area contributed by atoms with Crippen molar-refractivity contribution < 1.29 is 19.8 Å². The van der Waals surface area contributed by atoms with Gasteiger partial charge in [-0.3, -0.25) is 0 Å². The van der Waals surface area contributed by atoms with Crippen molar-refractivity contribution >= 4 is 17.6 Å². The summed E-state index contributed by atoms with van der Waals surface area (Å²) < 4.78 is 0. The van der Waals surface area contributed by atoms with Crippen LogP contribution in [0.3, 0.4) is 0 Å². The Balaban J connectivity index is 2.51. The zero-order chi connectivity index (χ0) is 18.0. The van der Waals surface area contributed by atoms with Crippen LogP contribution in [0.5, 0.6) is 0 Å². The molecule has 124 valence electrons. The van der Waals surface area contributed by atoms with Crippen molar-refractivity contribution in [2.45, 2.75) is 0 Å². The average Bonchev–Trinajstić information content (AvgIpc) is 2.61. The van der Waals surface area contributed by atoms with Crippen LogP contribution in [0.2, 0.25) is 0 Å². The lowest BCUT2D eigenvalue weighted by molar-refractivity contribution is 0.0683. The molecular weight excluding hydrogens is 318 g/mol. The van der Waals surface area contributed by atoms with E-state index in [-0.39, 0.29) is 16.8 Å². The van der Waals surface area contributed by atoms with Gasteiger partial charge in [-0.2, -0.15) is 0 Å². The third-order valence-electron chi connectivity index (χ3n) is 3.93. The van der Waals surface area contributed by atoms with Gasteiger partial charge in [-0.25, -0.2) is 9.59 Å². The maximum absolute atomic E-state index is 11.9. The predicted molar refractivity (Wildman–Crippen MR) is 95.6 cm³/mol. The van der Waals surface area contributed by atoms with Gasteiger partial charge in [0, 0.05) is 16.8 Å². The van der Waals surface area contributed by atoms with Gasteiger partial charge in [-0.1, -0.05) is 60.7 Å². The highest BCUT2D eigenvalue weighted by Crippen LogP contribution is 2.40. The summed E-state index contributed by atoms with van der Waals surface area (Å²) in [6, 6.07) is 18.8. The van der Waals surface area contributed by atoms with Crippen LogP contribution in [0.4, 0.5) is 5.69 Å². The number of benzene rings is 3. The Morgan fingerprint density at radius 1 is 0.720 bits per heavy atom. The largest absolute Gasteiger partial charge is 0.478 e. The Morgan fingerprint density at radius 3 is 1.64 bits per heavy atom. The van der Waals surface area contributed by atoms with Gasteiger partial charge in [0.1, 0.15) is 0 Å². The fourth-order valence-electron chi connectivity index (χ4n) is 2.90. The van der Waals surface area contributed by atoms with E-state index in [0.717, 1.165) is 0 Å². The van der Waals surface area contributed by atoms with Crippen LogP contribution in [0.25, 0.3) is 22.3 Å². The van der Waals surface area contributed by atoms with Crippen molar-refractivity contribution in [1.82, 2.24) is 0 Å². The Labute approximate surface area is 144 Å². The zero-order valence-corrected chi connectivity index (χ0v) is 13.1. The number of anilines is 1. The molecule has 0 bridgehead atoms. The van der Waals surface area contributed by atoms with Gasteiger partial charge in [0.2, 0.25) is 0 Å². The Hall–Kier alpha value is -3.60. The summed E-state index contributed by atoms with van der Waals surface area (Å²) in [5, 5.41) is 19.3. The van der Waals surface area contributed by atoms with Crippen LogP contribution in [-0.4, -0.2) is 22.2 Å². The number of nitrogens with two attached hydrogens (primary N) is 1. The van der Waals surface area contributed by atoms with Crippen LogP contribution >= 0.6 is 0 Å². The van der Waals surface area contributed by atoms with Crippen LogP contribution < -0.4 is 5.73 Å². The summed E-state index contributed by atoms with van der Waals surface area (Å²) in [6.45, 7) is 0. The number of carboxylic acid groups (broad SMARTS) is 2. The first-order chi connectivity index (χ1) is 12.0. The molecule has 25 heavy (non-hydrogen) atoms. The van der Waals surface area contributed by atoms with E-state index in [9.17, 15) is 19.8 Å². The molecule has 3 aromatic rings. The molecule has 0 spiro atoms. The monoisotopic (exact) mass is 333 g/mol. The van der Waals surface area contributed by atoms with Crippen molar-refractivity contribution in [3.05, 3.63) is 77.9 Å². The van der Waals surface area contributed by atoms with Gasteiger partial charge in [0.05, 0.1) is 11.1 Å². The van der Waals surface area contributed by atoms with Crippen molar-refractivity contribution in [1.29, 1.82) is 0 Å². The fraction of sp³-hybridized carbons (Fsp3) is 0. The van der Waals surface area contributed by atoms with E-state index in [1.54, 1.807) is 54.6 Å². The third kappa shape index (κ3) is 2.95.